The minimum absolute atomic E-state index is 0.0543. The van der Waals surface area contributed by atoms with Gasteiger partial charge in [0.15, 0.2) is 0 Å². The fraction of sp³-hybridized carbons (Fsp3) is 0.182. The topological polar surface area (TPSA) is 88.0 Å². The van der Waals surface area contributed by atoms with E-state index in [2.05, 4.69) is 10.2 Å². The van der Waals surface area contributed by atoms with Crippen molar-refractivity contribution in [1.82, 2.24) is 14.8 Å². The maximum atomic E-state index is 13.4. The molecule has 2 rings (SSSR count). The molecule has 0 bridgehead atoms. The van der Waals surface area contributed by atoms with Crippen LogP contribution in [-0.2, 0) is 17.8 Å². The van der Waals surface area contributed by atoms with Crippen molar-refractivity contribution in [1.29, 1.82) is 0 Å². The van der Waals surface area contributed by atoms with Crippen molar-refractivity contribution < 1.29 is 14.3 Å². The first kappa shape index (κ1) is 12.0. The number of aromatic amines is 1. The maximum Gasteiger partial charge on any atom is 0.343 e. The number of carbonyl (C=O) groups is 1. The highest BCUT2D eigenvalue weighted by atomic mass is 19.1. The first-order valence-corrected chi connectivity index (χ1v) is 5.17. The van der Waals surface area contributed by atoms with Crippen LogP contribution in [0.2, 0.25) is 0 Å². The van der Waals surface area contributed by atoms with Crippen LogP contribution < -0.4 is 5.69 Å². The molecule has 7 heteroatoms. The number of carboxylic acid groups (broad SMARTS) is 1. The van der Waals surface area contributed by atoms with E-state index in [0.29, 0.717) is 5.56 Å². The summed E-state index contributed by atoms with van der Waals surface area (Å²) in [7, 11) is 0. The highest BCUT2D eigenvalue weighted by Crippen LogP contribution is 2.10. The number of benzene rings is 1. The van der Waals surface area contributed by atoms with Crippen LogP contribution in [0.5, 0.6) is 0 Å². The third-order valence-electron chi connectivity index (χ3n) is 2.44. The van der Waals surface area contributed by atoms with E-state index in [1.54, 1.807) is 18.2 Å². The molecule has 0 saturated carbocycles. The number of carboxylic acids is 1. The number of aliphatic carboxylic acids is 1. The van der Waals surface area contributed by atoms with Gasteiger partial charge >= 0.3 is 11.7 Å². The highest BCUT2D eigenvalue weighted by Gasteiger charge is 2.13. The second kappa shape index (κ2) is 4.82. The van der Waals surface area contributed by atoms with Crippen molar-refractivity contribution in [3.63, 3.8) is 0 Å². The summed E-state index contributed by atoms with van der Waals surface area (Å²) in [5.41, 5.74) is -0.271. The van der Waals surface area contributed by atoms with Crippen molar-refractivity contribution in [2.75, 3.05) is 0 Å². The number of hydrogen-bond donors (Lipinski definition) is 2. The van der Waals surface area contributed by atoms with E-state index in [0.717, 1.165) is 4.57 Å². The lowest BCUT2D eigenvalue weighted by molar-refractivity contribution is -0.137. The predicted octanol–water partition coefficient (Wildman–Crippen LogP) is 0.386. The normalized spacial score (nSPS) is 10.5. The SMILES string of the molecule is O=C(O)Cn1c(Cc2ccccc2F)n[nH]c1=O. The molecular formula is C11H10FN3O3. The number of H-pyrrole nitrogens is 1. The molecule has 1 aromatic heterocycles. The van der Waals surface area contributed by atoms with Gasteiger partial charge in [-0.25, -0.2) is 14.3 Å². The zero-order valence-corrected chi connectivity index (χ0v) is 9.26. The van der Waals surface area contributed by atoms with Gasteiger partial charge in [-0.3, -0.25) is 9.36 Å². The van der Waals surface area contributed by atoms with Crippen LogP contribution in [0.1, 0.15) is 11.4 Å². The van der Waals surface area contributed by atoms with Crippen LogP contribution >= 0.6 is 0 Å². The molecule has 0 spiro atoms. The smallest absolute Gasteiger partial charge is 0.343 e. The number of hydrogen-bond acceptors (Lipinski definition) is 3. The molecule has 0 unspecified atom stereocenters. The Morgan fingerprint density at radius 3 is 2.83 bits per heavy atom. The van der Waals surface area contributed by atoms with E-state index in [1.165, 1.54) is 6.07 Å². The van der Waals surface area contributed by atoms with Gasteiger partial charge in [0.1, 0.15) is 18.2 Å². The average Bonchev–Trinajstić information content (AvgIpc) is 2.64. The maximum absolute atomic E-state index is 13.4. The van der Waals surface area contributed by atoms with E-state index >= 15 is 0 Å². The summed E-state index contributed by atoms with van der Waals surface area (Å²) in [4.78, 5) is 22.0. The average molecular weight is 251 g/mol. The molecule has 94 valence electrons. The number of halogens is 1. The van der Waals surface area contributed by atoms with Gasteiger partial charge in [-0.1, -0.05) is 18.2 Å². The molecule has 0 aliphatic rings. The van der Waals surface area contributed by atoms with Crippen LogP contribution in [0.25, 0.3) is 0 Å². The summed E-state index contributed by atoms with van der Waals surface area (Å²) < 4.78 is 14.4. The lowest BCUT2D eigenvalue weighted by Crippen LogP contribution is -2.23. The molecular weight excluding hydrogens is 241 g/mol. The van der Waals surface area contributed by atoms with Crippen molar-refractivity contribution in [2.45, 2.75) is 13.0 Å². The molecule has 2 N–H and O–H groups in total. The van der Waals surface area contributed by atoms with Gasteiger partial charge in [-0.15, -0.1) is 0 Å². The summed E-state index contributed by atoms with van der Waals surface area (Å²) in [6.45, 7) is -0.501. The third-order valence-corrected chi connectivity index (χ3v) is 2.44. The van der Waals surface area contributed by atoms with Crippen molar-refractivity contribution >= 4 is 5.97 Å². The van der Waals surface area contributed by atoms with Crippen LogP contribution in [-0.4, -0.2) is 25.8 Å². The van der Waals surface area contributed by atoms with E-state index < -0.39 is 24.0 Å². The molecule has 1 heterocycles. The highest BCUT2D eigenvalue weighted by molar-refractivity contribution is 5.66. The fourth-order valence-corrected chi connectivity index (χ4v) is 1.60. The van der Waals surface area contributed by atoms with E-state index in [-0.39, 0.29) is 12.2 Å². The Bertz CT molecular complexity index is 632. The monoisotopic (exact) mass is 251 g/mol. The Labute approximate surface area is 101 Å². The van der Waals surface area contributed by atoms with Gasteiger partial charge in [-0.2, -0.15) is 5.10 Å². The van der Waals surface area contributed by atoms with Crippen molar-refractivity contribution in [2.24, 2.45) is 0 Å². The van der Waals surface area contributed by atoms with Gasteiger partial charge < -0.3 is 5.11 Å². The molecule has 2 aromatic rings. The third kappa shape index (κ3) is 2.45. The number of nitrogens with one attached hydrogen (secondary N) is 1. The molecule has 0 radical (unpaired) electrons. The van der Waals surface area contributed by atoms with E-state index in [4.69, 9.17) is 5.11 Å². The van der Waals surface area contributed by atoms with Gasteiger partial charge in [0.2, 0.25) is 0 Å². The lowest BCUT2D eigenvalue weighted by atomic mass is 10.1. The molecule has 18 heavy (non-hydrogen) atoms. The number of rotatable bonds is 4. The van der Waals surface area contributed by atoms with Crippen LogP contribution in [0, 0.1) is 5.82 Å². The Morgan fingerprint density at radius 1 is 1.44 bits per heavy atom. The molecule has 0 fully saturated rings. The van der Waals surface area contributed by atoms with Gasteiger partial charge in [0.05, 0.1) is 0 Å². The Morgan fingerprint density at radius 2 is 2.17 bits per heavy atom. The van der Waals surface area contributed by atoms with Crippen LogP contribution in [0.15, 0.2) is 29.1 Å². The summed E-state index contributed by atoms with van der Waals surface area (Å²) >= 11 is 0. The molecule has 0 atom stereocenters. The zero-order chi connectivity index (χ0) is 13.1. The summed E-state index contributed by atoms with van der Waals surface area (Å²) in [5, 5.41) is 14.5. The number of nitrogens with zero attached hydrogens (tertiary/aromatic N) is 2. The van der Waals surface area contributed by atoms with E-state index in [9.17, 15) is 14.0 Å². The second-order valence-corrected chi connectivity index (χ2v) is 3.69. The van der Waals surface area contributed by atoms with Crippen molar-refractivity contribution in [3.8, 4) is 0 Å². The summed E-state index contributed by atoms with van der Waals surface area (Å²) in [6.07, 6.45) is 0.0543. The predicted molar refractivity (Wildman–Crippen MR) is 59.7 cm³/mol. The molecule has 0 saturated heterocycles. The van der Waals surface area contributed by atoms with Crippen LogP contribution in [0.3, 0.4) is 0 Å². The van der Waals surface area contributed by atoms with Gasteiger partial charge in [0, 0.05) is 6.42 Å². The minimum Gasteiger partial charge on any atom is -0.480 e. The molecule has 1 aromatic carbocycles. The largest absolute Gasteiger partial charge is 0.480 e. The quantitative estimate of drug-likeness (QED) is 0.822. The van der Waals surface area contributed by atoms with Gasteiger partial charge in [-0.05, 0) is 11.6 Å². The molecule has 6 nitrogen and oxygen atoms in total. The fourth-order valence-electron chi connectivity index (χ4n) is 1.60. The zero-order valence-electron chi connectivity index (χ0n) is 9.26. The summed E-state index contributed by atoms with van der Waals surface area (Å²) in [5.74, 6) is -1.39. The first-order valence-electron chi connectivity index (χ1n) is 5.17. The molecule has 0 aliphatic carbocycles. The number of aromatic nitrogens is 3. The summed E-state index contributed by atoms with van der Waals surface area (Å²) in [6, 6.07) is 6.06. The van der Waals surface area contributed by atoms with Crippen LogP contribution in [0.4, 0.5) is 4.39 Å². The standard InChI is InChI=1S/C11H10FN3O3/c12-8-4-2-1-3-7(8)5-9-13-14-11(18)15(9)6-10(16)17/h1-4H,5-6H2,(H,14,18)(H,16,17). The second-order valence-electron chi connectivity index (χ2n) is 3.69. The van der Waals surface area contributed by atoms with E-state index in [1.807, 2.05) is 0 Å². The Balaban J connectivity index is 2.33. The van der Waals surface area contributed by atoms with Crippen molar-refractivity contribution in [3.05, 3.63) is 52.0 Å². The Kier molecular flexibility index (Phi) is 3.22. The minimum atomic E-state index is -1.16. The van der Waals surface area contributed by atoms with Gasteiger partial charge in [0.25, 0.3) is 0 Å². The Hall–Kier alpha value is -2.44. The first-order chi connectivity index (χ1) is 8.58. The molecule has 0 amide bonds. The lowest BCUT2D eigenvalue weighted by Gasteiger charge is -2.03. The molecule has 0 aliphatic heterocycles.